The van der Waals surface area contributed by atoms with Gasteiger partial charge in [-0.3, -0.25) is 9.89 Å². The highest BCUT2D eigenvalue weighted by molar-refractivity contribution is 14.0. The molecule has 132 valence electrons. The summed E-state index contributed by atoms with van der Waals surface area (Å²) < 4.78 is 10.8. The molecule has 1 heterocycles. The second-order valence-corrected chi connectivity index (χ2v) is 5.32. The number of halogens is 1. The van der Waals surface area contributed by atoms with Crippen molar-refractivity contribution >= 4 is 29.9 Å². The maximum absolute atomic E-state index is 5.82. The molecule has 0 bridgehead atoms. The Morgan fingerprint density at radius 2 is 1.95 bits per heavy atom. The average Bonchev–Trinajstić information content (AvgIpc) is 2.52. The lowest BCUT2D eigenvalue weighted by atomic mass is 10.3. The summed E-state index contributed by atoms with van der Waals surface area (Å²) in [6.45, 7) is 10.3. The van der Waals surface area contributed by atoms with Gasteiger partial charge in [-0.1, -0.05) is 13.3 Å². The van der Waals surface area contributed by atoms with Gasteiger partial charge in [0.15, 0.2) is 5.96 Å². The Kier molecular flexibility index (Phi) is 15.7. The molecule has 0 saturated carbocycles. The molecule has 22 heavy (non-hydrogen) atoms. The van der Waals surface area contributed by atoms with Crippen molar-refractivity contribution in [3.05, 3.63) is 0 Å². The van der Waals surface area contributed by atoms with Gasteiger partial charge in [0, 0.05) is 39.4 Å². The van der Waals surface area contributed by atoms with Crippen LogP contribution in [0.3, 0.4) is 0 Å². The van der Waals surface area contributed by atoms with Crippen molar-refractivity contribution in [1.82, 2.24) is 10.2 Å². The third-order valence-corrected chi connectivity index (χ3v) is 3.43. The Labute approximate surface area is 152 Å². The quantitative estimate of drug-likeness (QED) is 0.226. The zero-order valence-corrected chi connectivity index (χ0v) is 16.2. The Balaban J connectivity index is 0.00000441. The molecule has 0 amide bonds. The lowest BCUT2D eigenvalue weighted by molar-refractivity contribution is 0.0376. The number of ether oxygens (including phenoxy) is 2. The van der Waals surface area contributed by atoms with E-state index in [1.165, 1.54) is 6.42 Å². The van der Waals surface area contributed by atoms with E-state index in [4.69, 9.17) is 15.2 Å². The van der Waals surface area contributed by atoms with Gasteiger partial charge < -0.3 is 20.5 Å². The SMILES string of the molecule is CCCCOCCCN=C(N)NCCCN1CCOCC1.I. The average molecular weight is 428 g/mol. The van der Waals surface area contributed by atoms with E-state index >= 15 is 0 Å². The topological polar surface area (TPSA) is 72.1 Å². The third-order valence-electron chi connectivity index (χ3n) is 3.43. The van der Waals surface area contributed by atoms with Gasteiger partial charge in [-0.25, -0.2) is 0 Å². The number of aliphatic imine (C=N–C) groups is 1. The van der Waals surface area contributed by atoms with Crippen LogP contribution in [0.1, 0.15) is 32.6 Å². The number of unbranched alkanes of at least 4 members (excludes halogenated alkanes) is 1. The van der Waals surface area contributed by atoms with Gasteiger partial charge in [-0.15, -0.1) is 24.0 Å². The van der Waals surface area contributed by atoms with E-state index in [2.05, 4.69) is 22.1 Å². The van der Waals surface area contributed by atoms with Crippen LogP contribution in [0.2, 0.25) is 0 Å². The monoisotopic (exact) mass is 428 g/mol. The zero-order chi connectivity index (χ0) is 15.2. The lowest BCUT2D eigenvalue weighted by Gasteiger charge is -2.26. The van der Waals surface area contributed by atoms with Gasteiger partial charge in [0.05, 0.1) is 13.2 Å². The van der Waals surface area contributed by atoms with Crippen molar-refractivity contribution in [1.29, 1.82) is 0 Å². The molecule has 3 N–H and O–H groups in total. The van der Waals surface area contributed by atoms with Crippen LogP contribution in [-0.2, 0) is 9.47 Å². The second-order valence-electron chi connectivity index (χ2n) is 5.32. The van der Waals surface area contributed by atoms with E-state index in [-0.39, 0.29) is 24.0 Å². The standard InChI is InChI=1S/C15H32N4O2.HI/c1-2-3-11-20-12-5-7-18-15(16)17-6-4-8-19-9-13-21-14-10-19;/h2-14H2,1H3,(H3,16,17,18);1H. The molecule has 0 aliphatic carbocycles. The summed E-state index contributed by atoms with van der Waals surface area (Å²) in [6, 6.07) is 0. The summed E-state index contributed by atoms with van der Waals surface area (Å²) in [5.74, 6) is 0.547. The fourth-order valence-electron chi connectivity index (χ4n) is 2.11. The first kappa shape index (κ1) is 21.9. The molecule has 1 fully saturated rings. The van der Waals surface area contributed by atoms with Crippen LogP contribution >= 0.6 is 24.0 Å². The van der Waals surface area contributed by atoms with Gasteiger partial charge in [-0.05, 0) is 25.8 Å². The van der Waals surface area contributed by atoms with E-state index in [0.717, 1.165) is 78.4 Å². The van der Waals surface area contributed by atoms with Crippen molar-refractivity contribution in [2.45, 2.75) is 32.6 Å². The molecule has 0 spiro atoms. The van der Waals surface area contributed by atoms with E-state index in [0.29, 0.717) is 5.96 Å². The van der Waals surface area contributed by atoms with Gasteiger partial charge >= 0.3 is 0 Å². The van der Waals surface area contributed by atoms with Crippen LogP contribution < -0.4 is 11.1 Å². The zero-order valence-electron chi connectivity index (χ0n) is 13.9. The van der Waals surface area contributed by atoms with Crippen molar-refractivity contribution in [3.63, 3.8) is 0 Å². The number of hydrogen-bond donors (Lipinski definition) is 2. The first-order chi connectivity index (χ1) is 10.3. The minimum Gasteiger partial charge on any atom is -0.381 e. The summed E-state index contributed by atoms with van der Waals surface area (Å²) >= 11 is 0. The maximum atomic E-state index is 5.82. The van der Waals surface area contributed by atoms with Crippen molar-refractivity contribution in [3.8, 4) is 0 Å². The molecule has 1 aliphatic rings. The highest BCUT2D eigenvalue weighted by Gasteiger charge is 2.08. The van der Waals surface area contributed by atoms with Crippen LogP contribution in [0.5, 0.6) is 0 Å². The van der Waals surface area contributed by atoms with E-state index in [9.17, 15) is 0 Å². The van der Waals surface area contributed by atoms with Gasteiger partial charge in [0.25, 0.3) is 0 Å². The van der Waals surface area contributed by atoms with Crippen molar-refractivity contribution in [2.75, 3.05) is 59.2 Å². The fraction of sp³-hybridized carbons (Fsp3) is 0.933. The molecule has 0 aromatic heterocycles. The Bertz CT molecular complexity index is 274. The van der Waals surface area contributed by atoms with E-state index in [1.54, 1.807) is 0 Å². The number of rotatable bonds is 11. The van der Waals surface area contributed by atoms with Gasteiger partial charge in [-0.2, -0.15) is 0 Å². The van der Waals surface area contributed by atoms with Crippen LogP contribution in [-0.4, -0.2) is 70.0 Å². The predicted octanol–water partition coefficient (Wildman–Crippen LogP) is 1.44. The maximum Gasteiger partial charge on any atom is 0.188 e. The molecule has 7 heteroatoms. The van der Waals surface area contributed by atoms with Crippen LogP contribution in [0.15, 0.2) is 4.99 Å². The normalized spacial score (nSPS) is 16.3. The lowest BCUT2D eigenvalue weighted by Crippen LogP contribution is -2.39. The van der Waals surface area contributed by atoms with Crippen LogP contribution in [0.4, 0.5) is 0 Å². The number of morpholine rings is 1. The van der Waals surface area contributed by atoms with E-state index < -0.39 is 0 Å². The molecule has 0 unspecified atom stereocenters. The summed E-state index contributed by atoms with van der Waals surface area (Å²) in [7, 11) is 0. The van der Waals surface area contributed by atoms with Gasteiger partial charge in [0.2, 0.25) is 0 Å². The molecule has 0 atom stereocenters. The van der Waals surface area contributed by atoms with Crippen molar-refractivity contribution < 1.29 is 9.47 Å². The molecular weight excluding hydrogens is 395 g/mol. The molecular formula is C15H33IN4O2. The Morgan fingerprint density at radius 1 is 1.23 bits per heavy atom. The first-order valence-electron chi connectivity index (χ1n) is 8.24. The number of nitrogens with zero attached hydrogens (tertiary/aromatic N) is 2. The molecule has 1 saturated heterocycles. The third kappa shape index (κ3) is 12.4. The predicted molar refractivity (Wildman–Crippen MR) is 102 cm³/mol. The summed E-state index contributed by atoms with van der Waals surface area (Å²) in [6.07, 6.45) is 4.33. The highest BCUT2D eigenvalue weighted by Crippen LogP contribution is 1.97. The molecule has 6 nitrogen and oxygen atoms in total. The van der Waals surface area contributed by atoms with Crippen LogP contribution in [0.25, 0.3) is 0 Å². The minimum absolute atomic E-state index is 0. The summed E-state index contributed by atoms with van der Waals surface area (Å²) in [5, 5.41) is 3.16. The number of hydrogen-bond acceptors (Lipinski definition) is 4. The van der Waals surface area contributed by atoms with Crippen molar-refractivity contribution in [2.24, 2.45) is 10.7 Å². The molecule has 0 radical (unpaired) electrons. The highest BCUT2D eigenvalue weighted by atomic mass is 127. The summed E-state index contributed by atoms with van der Waals surface area (Å²) in [5.41, 5.74) is 5.82. The minimum atomic E-state index is 0. The smallest absolute Gasteiger partial charge is 0.188 e. The largest absolute Gasteiger partial charge is 0.381 e. The number of nitrogens with one attached hydrogen (secondary N) is 1. The number of guanidine groups is 1. The van der Waals surface area contributed by atoms with Crippen LogP contribution in [0, 0.1) is 0 Å². The molecule has 0 aromatic rings. The van der Waals surface area contributed by atoms with E-state index in [1.807, 2.05) is 0 Å². The Morgan fingerprint density at radius 3 is 2.68 bits per heavy atom. The second kappa shape index (κ2) is 15.8. The molecule has 1 rings (SSSR count). The number of nitrogens with two attached hydrogens (primary N) is 1. The Hall–Kier alpha value is -0.120. The van der Waals surface area contributed by atoms with Gasteiger partial charge in [0.1, 0.15) is 0 Å². The fourth-order valence-corrected chi connectivity index (χ4v) is 2.11. The summed E-state index contributed by atoms with van der Waals surface area (Å²) in [4.78, 5) is 6.72. The molecule has 0 aromatic carbocycles. The first-order valence-corrected chi connectivity index (χ1v) is 8.24. The molecule has 1 aliphatic heterocycles.